The summed E-state index contributed by atoms with van der Waals surface area (Å²) in [4.78, 5) is 17.3. The zero-order valence-corrected chi connectivity index (χ0v) is 15.5. The highest BCUT2D eigenvalue weighted by Crippen LogP contribution is 2.29. The van der Waals surface area contributed by atoms with E-state index in [1.54, 1.807) is 26.2 Å². The molecule has 0 atom stereocenters. The van der Waals surface area contributed by atoms with Crippen molar-refractivity contribution >= 4 is 17.3 Å². The van der Waals surface area contributed by atoms with Gasteiger partial charge in [0.05, 0.1) is 12.8 Å². The second-order valence-electron chi connectivity index (χ2n) is 5.83. The molecule has 0 N–H and O–H groups in total. The Bertz CT molecular complexity index is 935. The fraction of sp³-hybridized carbons (Fsp3) is 0.200. The summed E-state index contributed by atoms with van der Waals surface area (Å²) in [6, 6.07) is 11.7. The number of rotatable bonds is 5. The zero-order chi connectivity index (χ0) is 18.7. The van der Waals surface area contributed by atoms with E-state index in [0.29, 0.717) is 21.3 Å². The molecule has 0 radical (unpaired) electrons. The van der Waals surface area contributed by atoms with E-state index in [4.69, 9.17) is 9.47 Å². The number of aromatic nitrogens is 1. The van der Waals surface area contributed by atoms with Crippen LogP contribution in [0.2, 0.25) is 0 Å². The van der Waals surface area contributed by atoms with Crippen molar-refractivity contribution in [3.8, 4) is 16.3 Å². The number of thiazole rings is 1. The van der Waals surface area contributed by atoms with Crippen LogP contribution in [0.15, 0.2) is 42.5 Å². The Balaban J connectivity index is 1.76. The number of hydrogen-bond acceptors (Lipinski definition) is 5. The summed E-state index contributed by atoms with van der Waals surface area (Å²) in [6.45, 7) is 3.84. The average molecular weight is 371 g/mol. The summed E-state index contributed by atoms with van der Waals surface area (Å²) < 4.78 is 23.8. The summed E-state index contributed by atoms with van der Waals surface area (Å²) in [5, 5.41) is 0.655. The maximum absolute atomic E-state index is 13.1. The standard InChI is InChI=1S/C20H18FNO3S/c1-12-4-9-17(24-3)15(10-12)11-25-20(23)18-13(2)22-19(26-18)14-5-7-16(21)8-6-14/h4-10H,11H2,1-3H3. The number of benzene rings is 2. The minimum atomic E-state index is -0.433. The van der Waals surface area contributed by atoms with Gasteiger partial charge in [0.1, 0.15) is 28.1 Å². The molecule has 1 aromatic heterocycles. The molecule has 1 heterocycles. The van der Waals surface area contributed by atoms with Crippen LogP contribution in [0.3, 0.4) is 0 Å². The van der Waals surface area contributed by atoms with E-state index < -0.39 is 5.97 Å². The normalized spacial score (nSPS) is 10.6. The van der Waals surface area contributed by atoms with Gasteiger partial charge < -0.3 is 9.47 Å². The highest BCUT2D eigenvalue weighted by Gasteiger charge is 2.18. The van der Waals surface area contributed by atoms with Crippen LogP contribution in [0.1, 0.15) is 26.5 Å². The molecule has 2 aromatic carbocycles. The summed E-state index contributed by atoms with van der Waals surface area (Å²) in [5.41, 5.74) is 3.22. The van der Waals surface area contributed by atoms with Crippen LogP contribution in [-0.4, -0.2) is 18.1 Å². The fourth-order valence-electron chi connectivity index (χ4n) is 2.53. The quantitative estimate of drug-likeness (QED) is 0.597. The first kappa shape index (κ1) is 18.1. The Morgan fingerprint density at radius 2 is 1.88 bits per heavy atom. The van der Waals surface area contributed by atoms with Crippen molar-refractivity contribution in [3.05, 3.63) is 70.0 Å². The molecular formula is C20H18FNO3S. The molecule has 134 valence electrons. The highest BCUT2D eigenvalue weighted by atomic mass is 32.1. The molecule has 0 unspecified atom stereocenters. The van der Waals surface area contributed by atoms with E-state index in [1.165, 1.54) is 23.5 Å². The summed E-state index contributed by atoms with van der Waals surface area (Å²) in [6.07, 6.45) is 0. The van der Waals surface area contributed by atoms with Crippen molar-refractivity contribution in [3.63, 3.8) is 0 Å². The monoisotopic (exact) mass is 371 g/mol. The van der Waals surface area contributed by atoms with Crippen molar-refractivity contribution < 1.29 is 18.7 Å². The minimum absolute atomic E-state index is 0.118. The Hall–Kier alpha value is -2.73. The Morgan fingerprint density at radius 1 is 1.15 bits per heavy atom. The maximum Gasteiger partial charge on any atom is 0.350 e. The fourth-order valence-corrected chi connectivity index (χ4v) is 3.50. The van der Waals surface area contributed by atoms with Gasteiger partial charge in [-0.25, -0.2) is 14.2 Å². The lowest BCUT2D eigenvalue weighted by molar-refractivity contribution is 0.0475. The Labute approximate surface area is 155 Å². The first-order valence-electron chi connectivity index (χ1n) is 8.02. The van der Waals surface area contributed by atoms with Gasteiger partial charge in [-0.2, -0.15) is 0 Å². The number of hydrogen-bond donors (Lipinski definition) is 0. The van der Waals surface area contributed by atoms with E-state index >= 15 is 0 Å². The number of carbonyl (C=O) groups excluding carboxylic acids is 1. The summed E-state index contributed by atoms with van der Waals surface area (Å²) >= 11 is 1.24. The zero-order valence-electron chi connectivity index (χ0n) is 14.7. The number of nitrogens with zero attached hydrogens (tertiary/aromatic N) is 1. The van der Waals surface area contributed by atoms with Crippen molar-refractivity contribution in [2.75, 3.05) is 7.11 Å². The predicted octanol–water partition coefficient (Wildman–Crippen LogP) is 4.93. The number of aryl methyl sites for hydroxylation is 2. The molecule has 0 saturated carbocycles. The molecule has 0 fully saturated rings. The van der Waals surface area contributed by atoms with Crippen molar-refractivity contribution in [1.82, 2.24) is 4.98 Å². The Morgan fingerprint density at radius 3 is 2.58 bits per heavy atom. The first-order chi connectivity index (χ1) is 12.5. The smallest absolute Gasteiger partial charge is 0.350 e. The van der Waals surface area contributed by atoms with E-state index in [1.807, 2.05) is 25.1 Å². The predicted molar refractivity (Wildman–Crippen MR) is 99.1 cm³/mol. The van der Waals surface area contributed by atoms with Crippen molar-refractivity contribution in [2.45, 2.75) is 20.5 Å². The molecule has 26 heavy (non-hydrogen) atoms. The lowest BCUT2D eigenvalue weighted by atomic mass is 10.1. The molecule has 3 aromatic rings. The van der Waals surface area contributed by atoms with Crippen LogP contribution >= 0.6 is 11.3 Å². The lowest BCUT2D eigenvalue weighted by Gasteiger charge is -2.10. The van der Waals surface area contributed by atoms with Crippen LogP contribution in [0.4, 0.5) is 4.39 Å². The molecule has 0 aliphatic heterocycles. The van der Waals surface area contributed by atoms with Gasteiger partial charge in [-0.3, -0.25) is 0 Å². The van der Waals surface area contributed by atoms with Crippen LogP contribution in [0.25, 0.3) is 10.6 Å². The third kappa shape index (κ3) is 3.91. The second-order valence-corrected chi connectivity index (χ2v) is 6.83. The molecular weight excluding hydrogens is 353 g/mol. The molecule has 0 amide bonds. The molecule has 0 aliphatic rings. The largest absolute Gasteiger partial charge is 0.496 e. The van der Waals surface area contributed by atoms with Gasteiger partial charge in [0.25, 0.3) is 0 Å². The molecule has 0 spiro atoms. The number of ether oxygens (including phenoxy) is 2. The van der Waals surface area contributed by atoms with E-state index in [9.17, 15) is 9.18 Å². The topological polar surface area (TPSA) is 48.4 Å². The SMILES string of the molecule is COc1ccc(C)cc1COC(=O)c1sc(-c2ccc(F)cc2)nc1C. The van der Waals surface area contributed by atoms with Gasteiger partial charge in [-0.15, -0.1) is 11.3 Å². The van der Waals surface area contributed by atoms with Gasteiger partial charge in [-0.05, 0) is 50.2 Å². The number of methoxy groups -OCH3 is 1. The van der Waals surface area contributed by atoms with E-state index in [2.05, 4.69) is 4.98 Å². The maximum atomic E-state index is 13.1. The van der Waals surface area contributed by atoms with Gasteiger partial charge in [-0.1, -0.05) is 11.6 Å². The average Bonchev–Trinajstić information content (AvgIpc) is 3.02. The summed E-state index contributed by atoms with van der Waals surface area (Å²) in [7, 11) is 1.58. The van der Waals surface area contributed by atoms with Crippen LogP contribution < -0.4 is 4.74 Å². The van der Waals surface area contributed by atoms with Crippen LogP contribution in [-0.2, 0) is 11.3 Å². The van der Waals surface area contributed by atoms with Crippen molar-refractivity contribution in [2.24, 2.45) is 0 Å². The van der Waals surface area contributed by atoms with Crippen LogP contribution in [0, 0.1) is 19.7 Å². The number of carbonyl (C=O) groups is 1. The van der Waals surface area contributed by atoms with Crippen molar-refractivity contribution in [1.29, 1.82) is 0 Å². The molecule has 6 heteroatoms. The molecule has 3 rings (SSSR count). The third-order valence-electron chi connectivity index (χ3n) is 3.87. The molecule has 4 nitrogen and oxygen atoms in total. The molecule has 0 saturated heterocycles. The number of esters is 1. The lowest BCUT2D eigenvalue weighted by Crippen LogP contribution is -2.06. The molecule has 0 bridgehead atoms. The number of halogens is 1. The summed E-state index contributed by atoms with van der Waals surface area (Å²) in [5.74, 6) is -0.0675. The second kappa shape index (κ2) is 7.66. The van der Waals surface area contributed by atoms with E-state index in [-0.39, 0.29) is 12.4 Å². The van der Waals surface area contributed by atoms with Gasteiger partial charge in [0.15, 0.2) is 0 Å². The van der Waals surface area contributed by atoms with Crippen LogP contribution in [0.5, 0.6) is 5.75 Å². The van der Waals surface area contributed by atoms with E-state index in [0.717, 1.165) is 16.7 Å². The minimum Gasteiger partial charge on any atom is -0.496 e. The first-order valence-corrected chi connectivity index (χ1v) is 8.83. The van der Waals surface area contributed by atoms with Gasteiger partial charge >= 0.3 is 5.97 Å². The highest BCUT2D eigenvalue weighted by molar-refractivity contribution is 7.17. The third-order valence-corrected chi connectivity index (χ3v) is 5.05. The van der Waals surface area contributed by atoms with Gasteiger partial charge in [0.2, 0.25) is 0 Å². The van der Waals surface area contributed by atoms with Gasteiger partial charge in [0, 0.05) is 11.1 Å². The molecule has 0 aliphatic carbocycles. The Kier molecular flexibility index (Phi) is 5.32.